The molecule has 12 nitrogen and oxygen atoms in total. The topological polar surface area (TPSA) is 141 Å². The molecule has 0 amide bonds. The van der Waals surface area contributed by atoms with Gasteiger partial charge in [0.1, 0.15) is 18.2 Å². The number of carbonyl (C=O) groups excluding carboxylic acids is 3. The number of hydrogen-bond donors (Lipinski definition) is 0. The number of benzene rings is 4. The second kappa shape index (κ2) is 14.8. The Balaban J connectivity index is 1.47. The Labute approximate surface area is 291 Å². The third-order valence-corrected chi connectivity index (χ3v) is 8.18. The van der Waals surface area contributed by atoms with E-state index in [-0.39, 0.29) is 29.3 Å². The molecule has 6 rings (SSSR count). The van der Waals surface area contributed by atoms with Gasteiger partial charge in [-0.3, -0.25) is 9.36 Å². The molecule has 2 aromatic heterocycles. The molecule has 258 valence electrons. The number of methoxy groups -OCH3 is 4. The summed E-state index contributed by atoms with van der Waals surface area (Å²) < 4.78 is 33.8. The van der Waals surface area contributed by atoms with Crippen molar-refractivity contribution in [3.8, 4) is 34.2 Å². The summed E-state index contributed by atoms with van der Waals surface area (Å²) in [4.78, 5) is 57.3. The van der Waals surface area contributed by atoms with Gasteiger partial charge in [-0.25, -0.2) is 19.4 Å². The summed E-state index contributed by atoms with van der Waals surface area (Å²) in [7, 11) is 5.39. The molecular formula is C39H32N2O10. The summed E-state index contributed by atoms with van der Waals surface area (Å²) in [5.74, 6) is -0.975. The van der Waals surface area contributed by atoms with E-state index in [2.05, 4.69) is 4.98 Å². The van der Waals surface area contributed by atoms with Crippen molar-refractivity contribution < 1.29 is 42.8 Å². The van der Waals surface area contributed by atoms with Crippen LogP contribution >= 0.6 is 0 Å². The average Bonchev–Trinajstić information content (AvgIpc) is 3.17. The first-order valence-corrected chi connectivity index (χ1v) is 15.6. The molecule has 2 heterocycles. The first-order valence-electron chi connectivity index (χ1n) is 15.6. The van der Waals surface area contributed by atoms with Gasteiger partial charge in [0.15, 0.2) is 18.1 Å². The van der Waals surface area contributed by atoms with E-state index >= 15 is 0 Å². The minimum atomic E-state index is -0.785. The number of aromatic nitrogens is 2. The maximum Gasteiger partial charge on any atom is 0.344 e. The van der Waals surface area contributed by atoms with Crippen LogP contribution in [0.1, 0.15) is 26.3 Å². The third kappa shape index (κ3) is 6.79. The lowest BCUT2D eigenvalue weighted by Gasteiger charge is -2.19. The Hall–Kier alpha value is -6.69. The van der Waals surface area contributed by atoms with Crippen LogP contribution in [-0.2, 0) is 25.6 Å². The molecule has 6 aromatic rings. The van der Waals surface area contributed by atoms with Gasteiger partial charge in [-0.1, -0.05) is 42.5 Å². The minimum absolute atomic E-state index is 0.0381. The predicted molar refractivity (Wildman–Crippen MR) is 188 cm³/mol. The van der Waals surface area contributed by atoms with Gasteiger partial charge in [-0.2, -0.15) is 0 Å². The number of hydrogen-bond acceptors (Lipinski definition) is 11. The van der Waals surface area contributed by atoms with Crippen LogP contribution in [0.4, 0.5) is 0 Å². The van der Waals surface area contributed by atoms with Crippen molar-refractivity contribution in [3.05, 3.63) is 124 Å². The fraction of sp³-hybridized carbons (Fsp3) is 0.154. The molecule has 0 radical (unpaired) electrons. The van der Waals surface area contributed by atoms with Crippen LogP contribution in [0.15, 0.2) is 102 Å². The van der Waals surface area contributed by atoms with Crippen molar-refractivity contribution in [3.63, 3.8) is 0 Å². The number of ether oxygens (including phenoxy) is 6. The molecule has 0 aliphatic carbocycles. The molecule has 0 aliphatic rings. The predicted octanol–water partition coefficient (Wildman–Crippen LogP) is 5.92. The van der Waals surface area contributed by atoms with Gasteiger partial charge in [0, 0.05) is 23.2 Å². The van der Waals surface area contributed by atoms with Crippen molar-refractivity contribution in [1.29, 1.82) is 0 Å². The maximum atomic E-state index is 13.8. The van der Waals surface area contributed by atoms with E-state index in [1.54, 1.807) is 48.5 Å². The van der Waals surface area contributed by atoms with Crippen molar-refractivity contribution in [1.82, 2.24) is 9.55 Å². The van der Waals surface area contributed by atoms with Crippen LogP contribution in [0.5, 0.6) is 17.2 Å². The van der Waals surface area contributed by atoms with Gasteiger partial charge in [0.25, 0.3) is 5.56 Å². The Morgan fingerprint density at radius 1 is 0.725 bits per heavy atom. The lowest BCUT2D eigenvalue weighted by atomic mass is 9.89. The Bertz CT molecular complexity index is 2350. The molecule has 0 N–H and O–H groups in total. The number of carbonyl (C=O) groups is 3. The summed E-state index contributed by atoms with van der Waals surface area (Å²) in [6, 6.07) is 25.7. The van der Waals surface area contributed by atoms with Crippen LogP contribution in [0.25, 0.3) is 38.6 Å². The average molecular weight is 689 g/mol. The SMILES string of the molecule is COC(=O)c1cc2cc(OC)c(OC)cc2c(-c2ccnc(-n3c(=O)cc(OCC(=O)OCc4ccccc4)c4ccccc43)c2)c1C(=O)OC. The number of para-hydroxylation sites is 1. The van der Waals surface area contributed by atoms with E-state index in [9.17, 15) is 19.2 Å². The van der Waals surface area contributed by atoms with E-state index in [1.807, 2.05) is 30.3 Å². The van der Waals surface area contributed by atoms with Gasteiger partial charge in [-0.15, -0.1) is 0 Å². The highest BCUT2D eigenvalue weighted by Gasteiger charge is 2.27. The minimum Gasteiger partial charge on any atom is -0.493 e. The smallest absolute Gasteiger partial charge is 0.344 e. The molecule has 0 bridgehead atoms. The molecule has 12 heteroatoms. The number of pyridine rings is 2. The fourth-order valence-corrected chi connectivity index (χ4v) is 5.83. The number of esters is 3. The summed E-state index contributed by atoms with van der Waals surface area (Å²) in [6.45, 7) is -0.328. The first kappa shape index (κ1) is 34.2. The molecular weight excluding hydrogens is 656 g/mol. The lowest BCUT2D eigenvalue weighted by molar-refractivity contribution is -0.147. The van der Waals surface area contributed by atoms with Gasteiger partial charge >= 0.3 is 17.9 Å². The zero-order chi connectivity index (χ0) is 36.1. The summed E-state index contributed by atoms with van der Waals surface area (Å²) in [6.07, 6.45) is 1.48. The quantitative estimate of drug-likeness (QED) is 0.118. The van der Waals surface area contributed by atoms with Gasteiger partial charge < -0.3 is 28.4 Å². The summed E-state index contributed by atoms with van der Waals surface area (Å²) in [5.41, 5.74) is 1.42. The van der Waals surface area contributed by atoms with Crippen molar-refractivity contribution >= 4 is 39.6 Å². The summed E-state index contributed by atoms with van der Waals surface area (Å²) in [5, 5.41) is 1.60. The molecule has 0 spiro atoms. The first-order chi connectivity index (χ1) is 24.8. The second-order valence-corrected chi connectivity index (χ2v) is 11.1. The molecule has 0 fully saturated rings. The van der Waals surface area contributed by atoms with Crippen LogP contribution < -0.4 is 19.8 Å². The van der Waals surface area contributed by atoms with E-state index in [0.29, 0.717) is 44.3 Å². The third-order valence-electron chi connectivity index (χ3n) is 8.18. The van der Waals surface area contributed by atoms with Crippen LogP contribution in [-0.4, -0.2) is 62.5 Å². The second-order valence-electron chi connectivity index (χ2n) is 11.1. The highest BCUT2D eigenvalue weighted by molar-refractivity contribution is 6.16. The zero-order valence-corrected chi connectivity index (χ0v) is 28.1. The molecule has 4 aromatic carbocycles. The largest absolute Gasteiger partial charge is 0.493 e. The number of nitrogens with zero attached hydrogens (tertiary/aromatic N) is 2. The van der Waals surface area contributed by atoms with Gasteiger partial charge in [0.05, 0.1) is 45.1 Å². The van der Waals surface area contributed by atoms with Crippen LogP contribution in [0.2, 0.25) is 0 Å². The van der Waals surface area contributed by atoms with E-state index in [0.717, 1.165) is 5.56 Å². The van der Waals surface area contributed by atoms with Gasteiger partial charge in [0.2, 0.25) is 0 Å². The van der Waals surface area contributed by atoms with Crippen molar-refractivity contribution in [2.75, 3.05) is 35.0 Å². The van der Waals surface area contributed by atoms with E-state index in [4.69, 9.17) is 28.4 Å². The van der Waals surface area contributed by atoms with Crippen LogP contribution in [0.3, 0.4) is 0 Å². The number of rotatable bonds is 11. The number of fused-ring (bicyclic) bond motifs is 2. The molecule has 0 saturated heterocycles. The van der Waals surface area contributed by atoms with Gasteiger partial charge in [-0.05, 0) is 64.4 Å². The fourth-order valence-electron chi connectivity index (χ4n) is 5.83. The Kier molecular flexibility index (Phi) is 9.94. The Morgan fingerprint density at radius 3 is 2.16 bits per heavy atom. The van der Waals surface area contributed by atoms with E-state index in [1.165, 1.54) is 51.3 Å². The summed E-state index contributed by atoms with van der Waals surface area (Å²) >= 11 is 0. The highest BCUT2D eigenvalue weighted by atomic mass is 16.6. The molecule has 0 atom stereocenters. The van der Waals surface area contributed by atoms with Crippen molar-refractivity contribution in [2.24, 2.45) is 0 Å². The Morgan fingerprint density at radius 2 is 1.43 bits per heavy atom. The molecule has 0 unspecified atom stereocenters. The zero-order valence-electron chi connectivity index (χ0n) is 28.1. The standard InChI is InChI=1S/C39H32N2O10/c1-46-31-17-25-16-28(38(44)48-3)37(39(45)49-4)36(27(25)19-32(31)47-2)24-14-15-40-33(18-24)41-29-13-9-8-12-26(29)30(20-34(41)42)50-22-35(43)51-21-23-10-6-5-7-11-23/h5-20H,21-22H2,1-4H3. The van der Waals surface area contributed by atoms with E-state index < -0.39 is 30.1 Å². The molecule has 0 saturated carbocycles. The van der Waals surface area contributed by atoms with Crippen molar-refractivity contribution in [2.45, 2.75) is 6.61 Å². The monoisotopic (exact) mass is 688 g/mol. The molecule has 51 heavy (non-hydrogen) atoms. The molecule has 0 aliphatic heterocycles. The maximum absolute atomic E-state index is 13.8. The lowest BCUT2D eigenvalue weighted by Crippen LogP contribution is -2.21. The highest BCUT2D eigenvalue weighted by Crippen LogP contribution is 2.41. The normalized spacial score (nSPS) is 10.8. The van der Waals surface area contributed by atoms with Crippen LogP contribution in [0, 0.1) is 0 Å².